The highest BCUT2D eigenvalue weighted by Crippen LogP contribution is 2.40. The van der Waals surface area contributed by atoms with Gasteiger partial charge in [0.1, 0.15) is 10.9 Å². The molecule has 0 amide bonds. The van der Waals surface area contributed by atoms with Crippen molar-refractivity contribution in [3.8, 4) is 17.1 Å². The van der Waals surface area contributed by atoms with E-state index in [9.17, 15) is 8.78 Å². The van der Waals surface area contributed by atoms with Crippen molar-refractivity contribution >= 4 is 11.6 Å². The maximum atomic E-state index is 12.1. The Kier molecular flexibility index (Phi) is 3.53. The summed E-state index contributed by atoms with van der Waals surface area (Å²) in [6.07, 6.45) is 2.24. The number of aromatic nitrogens is 2. The number of halogens is 3. The van der Waals surface area contributed by atoms with Crippen molar-refractivity contribution in [2.45, 2.75) is 25.4 Å². The fraction of sp³-hybridized carbons (Fsp3) is 0.286. The molecular weight excluding hydrogens is 286 g/mol. The van der Waals surface area contributed by atoms with Crippen molar-refractivity contribution in [3.63, 3.8) is 0 Å². The van der Waals surface area contributed by atoms with Crippen LogP contribution in [0.15, 0.2) is 30.3 Å². The molecule has 1 saturated carbocycles. The van der Waals surface area contributed by atoms with Gasteiger partial charge >= 0.3 is 6.61 Å². The van der Waals surface area contributed by atoms with Crippen molar-refractivity contribution in [2.75, 3.05) is 0 Å². The Morgan fingerprint density at radius 1 is 1.15 bits per heavy atom. The van der Waals surface area contributed by atoms with Crippen molar-refractivity contribution in [2.24, 2.45) is 0 Å². The SMILES string of the molecule is FC(F)Oc1ccc(-c2nc(Cl)cc(C3CC3)n2)cc1. The first-order valence-corrected chi connectivity index (χ1v) is 6.59. The minimum atomic E-state index is -2.83. The second-order valence-corrected chi connectivity index (χ2v) is 5.00. The fourth-order valence-corrected chi connectivity index (χ4v) is 2.13. The lowest BCUT2D eigenvalue weighted by molar-refractivity contribution is -0.0498. The molecular formula is C14H11ClF2N2O. The smallest absolute Gasteiger partial charge is 0.387 e. The van der Waals surface area contributed by atoms with E-state index >= 15 is 0 Å². The first-order chi connectivity index (χ1) is 9.61. The van der Waals surface area contributed by atoms with Gasteiger partial charge < -0.3 is 4.74 Å². The molecule has 0 bridgehead atoms. The quantitative estimate of drug-likeness (QED) is 0.790. The summed E-state index contributed by atoms with van der Waals surface area (Å²) in [5.74, 6) is 1.08. The maximum Gasteiger partial charge on any atom is 0.387 e. The molecule has 1 aromatic carbocycles. The van der Waals surface area contributed by atoms with Gasteiger partial charge in [-0.2, -0.15) is 8.78 Å². The van der Waals surface area contributed by atoms with Gasteiger partial charge in [0.2, 0.25) is 0 Å². The molecule has 0 saturated heterocycles. The number of nitrogens with zero attached hydrogens (tertiary/aromatic N) is 2. The van der Waals surface area contributed by atoms with E-state index in [4.69, 9.17) is 11.6 Å². The van der Waals surface area contributed by atoms with Crippen LogP contribution in [0.25, 0.3) is 11.4 Å². The molecule has 0 aliphatic heterocycles. The summed E-state index contributed by atoms with van der Waals surface area (Å²) in [5.41, 5.74) is 1.66. The number of rotatable bonds is 4. The molecule has 1 heterocycles. The molecule has 1 aromatic heterocycles. The van der Waals surface area contributed by atoms with Crippen LogP contribution in [0.3, 0.4) is 0 Å². The van der Waals surface area contributed by atoms with Crippen LogP contribution in [0.4, 0.5) is 8.78 Å². The van der Waals surface area contributed by atoms with Crippen LogP contribution in [-0.4, -0.2) is 16.6 Å². The molecule has 0 atom stereocenters. The molecule has 104 valence electrons. The van der Waals surface area contributed by atoms with Crippen molar-refractivity contribution in [1.29, 1.82) is 0 Å². The van der Waals surface area contributed by atoms with E-state index in [0.717, 1.165) is 24.1 Å². The highest BCUT2D eigenvalue weighted by atomic mass is 35.5. The van der Waals surface area contributed by atoms with E-state index < -0.39 is 6.61 Å². The monoisotopic (exact) mass is 296 g/mol. The number of alkyl halides is 2. The van der Waals surface area contributed by atoms with E-state index in [2.05, 4.69) is 14.7 Å². The molecule has 1 aliphatic rings. The summed E-state index contributed by atoms with van der Waals surface area (Å²) in [6.45, 7) is -2.83. The van der Waals surface area contributed by atoms with Crippen LogP contribution < -0.4 is 4.74 Å². The van der Waals surface area contributed by atoms with Crippen LogP contribution in [0, 0.1) is 0 Å². The lowest BCUT2D eigenvalue weighted by Gasteiger charge is -2.06. The van der Waals surface area contributed by atoms with Gasteiger partial charge in [-0.15, -0.1) is 0 Å². The minimum Gasteiger partial charge on any atom is -0.435 e. The van der Waals surface area contributed by atoms with Crippen molar-refractivity contribution in [1.82, 2.24) is 9.97 Å². The minimum absolute atomic E-state index is 0.105. The second-order valence-electron chi connectivity index (χ2n) is 4.62. The van der Waals surface area contributed by atoms with E-state index in [1.807, 2.05) is 0 Å². The van der Waals surface area contributed by atoms with Gasteiger partial charge in [0, 0.05) is 17.2 Å². The normalized spacial score (nSPS) is 14.6. The highest BCUT2D eigenvalue weighted by molar-refractivity contribution is 6.29. The Balaban J connectivity index is 1.88. The van der Waals surface area contributed by atoms with Crippen LogP contribution >= 0.6 is 11.6 Å². The van der Waals surface area contributed by atoms with Gasteiger partial charge in [0.25, 0.3) is 0 Å². The summed E-state index contributed by atoms with van der Waals surface area (Å²) in [6, 6.07) is 7.97. The van der Waals surface area contributed by atoms with Gasteiger partial charge in [-0.25, -0.2) is 9.97 Å². The zero-order chi connectivity index (χ0) is 14.1. The predicted molar refractivity (Wildman–Crippen MR) is 71.1 cm³/mol. The Bertz CT molecular complexity index is 615. The van der Waals surface area contributed by atoms with Crippen LogP contribution in [-0.2, 0) is 0 Å². The Hall–Kier alpha value is -1.75. The number of ether oxygens (including phenoxy) is 1. The number of benzene rings is 1. The average Bonchev–Trinajstić information content (AvgIpc) is 3.22. The molecule has 6 heteroatoms. The lowest BCUT2D eigenvalue weighted by Crippen LogP contribution is -2.01. The zero-order valence-electron chi connectivity index (χ0n) is 10.4. The molecule has 3 nitrogen and oxygen atoms in total. The summed E-state index contributed by atoms with van der Waals surface area (Å²) in [4.78, 5) is 8.64. The second kappa shape index (κ2) is 5.32. The number of hydrogen-bond acceptors (Lipinski definition) is 3. The van der Waals surface area contributed by atoms with Crippen molar-refractivity contribution in [3.05, 3.63) is 41.2 Å². The van der Waals surface area contributed by atoms with Crippen molar-refractivity contribution < 1.29 is 13.5 Å². The summed E-state index contributed by atoms with van der Waals surface area (Å²) < 4.78 is 28.5. The molecule has 0 spiro atoms. The van der Waals surface area contributed by atoms with E-state index in [-0.39, 0.29) is 5.75 Å². The Morgan fingerprint density at radius 3 is 2.45 bits per heavy atom. The molecule has 0 unspecified atom stereocenters. The highest BCUT2D eigenvalue weighted by Gasteiger charge is 2.26. The topological polar surface area (TPSA) is 35.0 Å². The van der Waals surface area contributed by atoms with Gasteiger partial charge in [0.15, 0.2) is 5.82 Å². The fourth-order valence-electron chi connectivity index (χ4n) is 1.94. The van der Waals surface area contributed by atoms with Gasteiger partial charge in [-0.3, -0.25) is 0 Å². The zero-order valence-corrected chi connectivity index (χ0v) is 11.1. The third-order valence-corrected chi connectivity index (χ3v) is 3.24. The molecule has 1 fully saturated rings. The third-order valence-electron chi connectivity index (χ3n) is 3.05. The molecule has 20 heavy (non-hydrogen) atoms. The Labute approximate surface area is 119 Å². The van der Waals surface area contributed by atoms with Crippen LogP contribution in [0.2, 0.25) is 5.15 Å². The third kappa shape index (κ3) is 3.04. The van der Waals surface area contributed by atoms with E-state index in [0.29, 0.717) is 16.9 Å². The molecule has 0 N–H and O–H groups in total. The molecule has 3 rings (SSSR count). The van der Waals surface area contributed by atoms with E-state index in [1.165, 1.54) is 12.1 Å². The average molecular weight is 297 g/mol. The standard InChI is InChI=1S/C14H11ClF2N2O/c15-12-7-11(8-1-2-8)18-13(19-12)9-3-5-10(6-4-9)20-14(16)17/h3-8,14H,1-2H2. The van der Waals surface area contributed by atoms with Gasteiger partial charge in [-0.05, 0) is 43.2 Å². The summed E-state index contributed by atoms with van der Waals surface area (Å²) >= 11 is 6.00. The van der Waals surface area contributed by atoms with Gasteiger partial charge in [-0.1, -0.05) is 11.6 Å². The molecule has 1 aliphatic carbocycles. The van der Waals surface area contributed by atoms with E-state index in [1.54, 1.807) is 18.2 Å². The summed E-state index contributed by atoms with van der Waals surface area (Å²) in [7, 11) is 0. The molecule has 2 aromatic rings. The lowest BCUT2D eigenvalue weighted by atomic mass is 10.2. The first kappa shape index (κ1) is 13.2. The van der Waals surface area contributed by atoms with Crippen LogP contribution in [0.5, 0.6) is 5.75 Å². The summed E-state index contributed by atoms with van der Waals surface area (Å²) in [5, 5.41) is 0.393. The first-order valence-electron chi connectivity index (χ1n) is 6.21. The largest absolute Gasteiger partial charge is 0.435 e. The number of hydrogen-bond donors (Lipinski definition) is 0. The Morgan fingerprint density at radius 2 is 1.85 bits per heavy atom. The molecule has 0 radical (unpaired) electrons. The maximum absolute atomic E-state index is 12.1. The van der Waals surface area contributed by atoms with Crippen LogP contribution in [0.1, 0.15) is 24.5 Å². The predicted octanol–water partition coefficient (Wildman–Crippen LogP) is 4.28. The van der Waals surface area contributed by atoms with Gasteiger partial charge in [0.05, 0.1) is 0 Å².